The Morgan fingerprint density at radius 3 is 2.38 bits per heavy atom. The van der Waals surface area contributed by atoms with Gasteiger partial charge >= 0.3 is 0 Å². The number of aryl methyl sites for hydroxylation is 1. The van der Waals surface area contributed by atoms with E-state index in [4.69, 9.17) is 10.1 Å². The van der Waals surface area contributed by atoms with Gasteiger partial charge < -0.3 is 24.6 Å². The molecule has 4 heterocycles. The van der Waals surface area contributed by atoms with Crippen LogP contribution in [0.1, 0.15) is 68.9 Å². The van der Waals surface area contributed by atoms with Gasteiger partial charge in [0, 0.05) is 57.0 Å². The van der Waals surface area contributed by atoms with Gasteiger partial charge in [0.05, 0.1) is 16.9 Å². The molecule has 0 aliphatic carbocycles. The normalized spacial score (nSPS) is 16.5. The first-order valence-electron chi connectivity index (χ1n) is 14.5. The standard InChI is InChI=1S/C30H34FN5O2.C2H6.CH4O/c1-20-6-7-22(17-23(20)31)35-18-29(2,3)27-25(35)9-8-24(33-27)28(38)36-14-13-34(19-30(36,4)5)26-16-21(11-15-37)10-12-32-26;2*1-2/h6-10,12,15-17H,11,13-14,18-19H2,1-5H3;1-2H3;2H,1H3. The van der Waals surface area contributed by atoms with Crippen LogP contribution in [0.15, 0.2) is 48.7 Å². The summed E-state index contributed by atoms with van der Waals surface area (Å²) in [6, 6.07) is 12.8. The number of aliphatic hydroxyl groups excluding tert-OH is 1. The van der Waals surface area contributed by atoms with E-state index < -0.39 is 5.54 Å². The summed E-state index contributed by atoms with van der Waals surface area (Å²) in [6.45, 7) is 16.5. The second-order valence-electron chi connectivity index (χ2n) is 11.6. The Morgan fingerprint density at radius 1 is 1.02 bits per heavy atom. The van der Waals surface area contributed by atoms with Gasteiger partial charge in [-0.2, -0.15) is 0 Å². The van der Waals surface area contributed by atoms with Crippen LogP contribution >= 0.6 is 0 Å². The summed E-state index contributed by atoms with van der Waals surface area (Å²) < 4.78 is 14.3. The molecule has 42 heavy (non-hydrogen) atoms. The number of anilines is 3. The second-order valence-corrected chi connectivity index (χ2v) is 11.6. The van der Waals surface area contributed by atoms with Gasteiger partial charge in [0.25, 0.3) is 5.91 Å². The zero-order valence-corrected chi connectivity index (χ0v) is 26.1. The van der Waals surface area contributed by atoms with E-state index in [-0.39, 0.29) is 17.1 Å². The predicted octanol–water partition coefficient (Wildman–Crippen LogP) is 5.47. The van der Waals surface area contributed by atoms with Crippen molar-refractivity contribution >= 4 is 29.4 Å². The topological polar surface area (TPSA) is 89.9 Å². The average Bonchev–Trinajstić information content (AvgIpc) is 3.26. The van der Waals surface area contributed by atoms with E-state index in [9.17, 15) is 14.0 Å². The summed E-state index contributed by atoms with van der Waals surface area (Å²) >= 11 is 0. The Balaban J connectivity index is 0.00000116. The third kappa shape index (κ3) is 6.62. The van der Waals surface area contributed by atoms with Gasteiger partial charge in [-0.25, -0.2) is 14.4 Å². The number of amides is 1. The van der Waals surface area contributed by atoms with Crippen LogP contribution in [0.2, 0.25) is 0 Å². The van der Waals surface area contributed by atoms with Gasteiger partial charge in [-0.3, -0.25) is 4.79 Å². The lowest BCUT2D eigenvalue weighted by atomic mass is 9.91. The van der Waals surface area contributed by atoms with Crippen LogP contribution in [-0.2, 0) is 16.6 Å². The average molecular weight is 578 g/mol. The summed E-state index contributed by atoms with van der Waals surface area (Å²) in [6.07, 6.45) is 2.97. The molecular formula is C33H44FN5O3. The molecule has 0 atom stereocenters. The van der Waals surface area contributed by atoms with E-state index in [1.54, 1.807) is 31.3 Å². The molecule has 3 aromatic rings. The summed E-state index contributed by atoms with van der Waals surface area (Å²) in [7, 11) is 1.00. The van der Waals surface area contributed by atoms with Gasteiger partial charge in [0.15, 0.2) is 0 Å². The van der Waals surface area contributed by atoms with Crippen molar-refractivity contribution in [3.05, 3.63) is 77.0 Å². The van der Waals surface area contributed by atoms with Crippen LogP contribution < -0.4 is 9.80 Å². The lowest BCUT2D eigenvalue weighted by molar-refractivity contribution is -0.107. The van der Waals surface area contributed by atoms with Crippen LogP contribution in [0.5, 0.6) is 0 Å². The Hall–Kier alpha value is -3.85. The molecule has 2 aromatic heterocycles. The van der Waals surface area contributed by atoms with Crippen LogP contribution in [0.25, 0.3) is 0 Å². The van der Waals surface area contributed by atoms with E-state index in [0.29, 0.717) is 43.9 Å². The minimum absolute atomic E-state index is 0.101. The number of pyridine rings is 2. The third-order valence-corrected chi connectivity index (χ3v) is 7.65. The highest BCUT2D eigenvalue weighted by Crippen LogP contribution is 2.43. The number of fused-ring (bicyclic) bond motifs is 1. The first-order chi connectivity index (χ1) is 20.0. The van der Waals surface area contributed by atoms with Crippen LogP contribution in [-0.4, -0.2) is 71.0 Å². The number of aldehydes is 1. The van der Waals surface area contributed by atoms with E-state index >= 15 is 0 Å². The number of aliphatic hydroxyl groups is 1. The van der Waals surface area contributed by atoms with E-state index in [0.717, 1.165) is 41.8 Å². The quantitative estimate of drug-likeness (QED) is 0.402. The lowest BCUT2D eigenvalue weighted by Crippen LogP contribution is -2.61. The fourth-order valence-electron chi connectivity index (χ4n) is 5.54. The molecule has 0 bridgehead atoms. The number of carbonyl (C=O) groups excluding carboxylic acids is 2. The van der Waals surface area contributed by atoms with Gasteiger partial charge in [0.1, 0.15) is 23.6 Å². The third-order valence-electron chi connectivity index (χ3n) is 7.65. The number of piperazine rings is 1. The molecule has 0 radical (unpaired) electrons. The molecule has 1 aromatic carbocycles. The number of nitrogens with zero attached hydrogens (tertiary/aromatic N) is 5. The van der Waals surface area contributed by atoms with Crippen molar-refractivity contribution < 1.29 is 19.1 Å². The molecule has 8 nitrogen and oxygen atoms in total. The molecule has 0 saturated carbocycles. The molecular weight excluding hydrogens is 533 g/mol. The highest BCUT2D eigenvalue weighted by molar-refractivity contribution is 5.94. The molecule has 1 amide bonds. The van der Waals surface area contributed by atoms with E-state index in [1.807, 2.05) is 43.0 Å². The first kappa shape index (κ1) is 32.7. The minimum atomic E-state index is -0.459. The Morgan fingerprint density at radius 2 is 1.74 bits per heavy atom. The van der Waals surface area contributed by atoms with E-state index in [1.165, 1.54) is 0 Å². The molecule has 2 aliphatic heterocycles. The first-order valence-corrected chi connectivity index (χ1v) is 14.5. The SMILES string of the molecule is CC.CO.Cc1ccc(N2CC(C)(C)c3nc(C(=O)N4CCN(c5cc(CC=O)ccn5)CC4(C)C)ccc32)cc1F. The molecule has 0 unspecified atom stereocenters. The number of benzene rings is 1. The zero-order chi connectivity index (χ0) is 31.2. The highest BCUT2D eigenvalue weighted by Gasteiger charge is 2.41. The maximum atomic E-state index is 14.3. The van der Waals surface area contributed by atoms with Crippen molar-refractivity contribution in [2.75, 3.05) is 43.1 Å². The fraction of sp³-hybridized carbons (Fsp3) is 0.455. The van der Waals surface area contributed by atoms with Crippen LogP contribution in [0, 0.1) is 12.7 Å². The summed E-state index contributed by atoms with van der Waals surface area (Å²) in [4.78, 5) is 40.2. The number of hydrogen-bond donors (Lipinski definition) is 1. The molecule has 5 rings (SSSR count). The highest BCUT2D eigenvalue weighted by atomic mass is 19.1. The van der Waals surface area contributed by atoms with Gasteiger partial charge in [-0.05, 0) is 68.3 Å². The molecule has 9 heteroatoms. The van der Waals surface area contributed by atoms with Crippen molar-refractivity contribution in [1.29, 1.82) is 0 Å². The molecule has 1 saturated heterocycles. The molecule has 226 valence electrons. The lowest BCUT2D eigenvalue weighted by Gasteiger charge is -2.47. The predicted molar refractivity (Wildman–Crippen MR) is 166 cm³/mol. The van der Waals surface area contributed by atoms with Crippen molar-refractivity contribution in [2.24, 2.45) is 0 Å². The zero-order valence-electron chi connectivity index (χ0n) is 26.1. The molecule has 1 N–H and O–H groups in total. The molecule has 2 aliphatic rings. The van der Waals surface area contributed by atoms with Crippen molar-refractivity contribution in [1.82, 2.24) is 14.9 Å². The van der Waals surface area contributed by atoms with Crippen molar-refractivity contribution in [2.45, 2.75) is 65.8 Å². The van der Waals surface area contributed by atoms with Gasteiger partial charge in [0.2, 0.25) is 0 Å². The Bertz CT molecular complexity index is 1410. The fourth-order valence-corrected chi connectivity index (χ4v) is 5.54. The van der Waals surface area contributed by atoms with E-state index in [2.05, 4.69) is 42.5 Å². The van der Waals surface area contributed by atoms with Crippen LogP contribution in [0.4, 0.5) is 21.6 Å². The number of carbonyl (C=O) groups is 2. The van der Waals surface area contributed by atoms with Gasteiger partial charge in [-0.15, -0.1) is 0 Å². The summed E-state index contributed by atoms with van der Waals surface area (Å²) in [5.41, 5.74) is 3.72. The maximum Gasteiger partial charge on any atom is 0.273 e. The number of halogens is 1. The van der Waals surface area contributed by atoms with Crippen molar-refractivity contribution in [3.63, 3.8) is 0 Å². The smallest absolute Gasteiger partial charge is 0.273 e. The van der Waals surface area contributed by atoms with Crippen molar-refractivity contribution in [3.8, 4) is 0 Å². The Kier molecular flexibility index (Phi) is 10.4. The summed E-state index contributed by atoms with van der Waals surface area (Å²) in [5.74, 6) is 0.478. The number of hydrogen-bond acceptors (Lipinski definition) is 7. The minimum Gasteiger partial charge on any atom is -0.400 e. The maximum absolute atomic E-state index is 14.3. The number of aromatic nitrogens is 2. The Labute approximate surface area is 249 Å². The largest absolute Gasteiger partial charge is 0.400 e. The van der Waals surface area contributed by atoms with Gasteiger partial charge in [-0.1, -0.05) is 33.8 Å². The molecule has 0 spiro atoms. The summed E-state index contributed by atoms with van der Waals surface area (Å²) in [5, 5.41) is 7.00. The second kappa shape index (κ2) is 13.4. The molecule has 1 fully saturated rings. The monoisotopic (exact) mass is 577 g/mol. The number of rotatable bonds is 5. The van der Waals surface area contributed by atoms with Crippen LogP contribution in [0.3, 0.4) is 0 Å².